The highest BCUT2D eigenvalue weighted by Gasteiger charge is 2.43. The number of benzene rings is 9. The minimum atomic E-state index is -0.159. The number of hydrogen-bond acceptors (Lipinski definition) is 4. The molecule has 1 aromatic heterocycles. The maximum absolute atomic E-state index is 5.18. The summed E-state index contributed by atoms with van der Waals surface area (Å²) < 4.78 is 0. The standard InChI is InChI=1S/C66H48N4/c1-66(2)58-34-19-18-33-52(58)55-41-57-56-38-49(65-68-63(46-27-14-6-15-28-46)67-64(69-65)47-29-16-7-17-30-47)35-36-60(56)70(61(57)42-59(55)66)51-32-20-31-48(37-51)50-39-53(43-21-8-3-9-22-43)62(45-25-12-5-13-26-45)54(40-50)44-23-10-4-11-24-44/h3-42,56,60H,1-2H3. The number of fused-ring (bicyclic) bond motifs is 6. The van der Waals surface area contributed by atoms with Gasteiger partial charge in [-0.25, -0.2) is 15.0 Å². The van der Waals surface area contributed by atoms with Crippen molar-refractivity contribution in [2.24, 2.45) is 0 Å². The Morgan fingerprint density at radius 2 is 0.914 bits per heavy atom. The highest BCUT2D eigenvalue weighted by Crippen LogP contribution is 2.56. The summed E-state index contributed by atoms with van der Waals surface area (Å²) >= 11 is 0. The second-order valence-electron chi connectivity index (χ2n) is 19.1. The van der Waals surface area contributed by atoms with Gasteiger partial charge in [0.05, 0.1) is 6.04 Å². The molecular weight excluding hydrogens is 849 g/mol. The highest BCUT2D eigenvalue weighted by molar-refractivity contribution is 5.98. The van der Waals surface area contributed by atoms with Crippen LogP contribution in [0.4, 0.5) is 11.4 Å². The van der Waals surface area contributed by atoms with E-state index >= 15 is 0 Å². The van der Waals surface area contributed by atoms with Crippen molar-refractivity contribution in [2.75, 3.05) is 4.90 Å². The Morgan fingerprint density at radius 3 is 1.51 bits per heavy atom. The number of nitrogens with zero attached hydrogens (tertiary/aromatic N) is 4. The monoisotopic (exact) mass is 896 g/mol. The third kappa shape index (κ3) is 7.02. The third-order valence-corrected chi connectivity index (χ3v) is 14.6. The van der Waals surface area contributed by atoms with Crippen LogP contribution in [0, 0.1) is 0 Å². The van der Waals surface area contributed by atoms with Crippen molar-refractivity contribution in [3.8, 4) is 78.4 Å². The largest absolute Gasteiger partial charge is 0.333 e. The summed E-state index contributed by atoms with van der Waals surface area (Å²) in [5.74, 6) is 2.01. The van der Waals surface area contributed by atoms with E-state index in [2.05, 4.69) is 225 Å². The quantitative estimate of drug-likeness (QED) is 0.152. The van der Waals surface area contributed by atoms with Gasteiger partial charge in [-0.1, -0.05) is 220 Å². The number of allylic oxidation sites excluding steroid dienone is 2. The molecule has 2 aliphatic carbocycles. The molecule has 0 bridgehead atoms. The van der Waals surface area contributed by atoms with Crippen LogP contribution in [0.15, 0.2) is 243 Å². The Kier molecular flexibility index (Phi) is 9.95. The normalized spacial score (nSPS) is 16.0. The molecule has 4 heteroatoms. The zero-order chi connectivity index (χ0) is 46.8. The lowest BCUT2D eigenvalue weighted by atomic mass is 9.81. The van der Waals surface area contributed by atoms with Crippen molar-refractivity contribution in [3.63, 3.8) is 0 Å². The Hall–Kier alpha value is -8.73. The average molecular weight is 897 g/mol. The average Bonchev–Trinajstić information content (AvgIpc) is 3.87. The first-order valence-corrected chi connectivity index (χ1v) is 24.3. The van der Waals surface area contributed by atoms with Gasteiger partial charge < -0.3 is 4.90 Å². The first kappa shape index (κ1) is 41.5. The molecule has 2 heterocycles. The van der Waals surface area contributed by atoms with Gasteiger partial charge in [0, 0.05) is 39.4 Å². The summed E-state index contributed by atoms with van der Waals surface area (Å²) in [5.41, 5.74) is 21.3. The summed E-state index contributed by atoms with van der Waals surface area (Å²) in [7, 11) is 0. The summed E-state index contributed by atoms with van der Waals surface area (Å²) in [4.78, 5) is 18.0. The zero-order valence-corrected chi connectivity index (χ0v) is 39.0. The predicted octanol–water partition coefficient (Wildman–Crippen LogP) is 16.4. The van der Waals surface area contributed by atoms with Crippen molar-refractivity contribution in [1.29, 1.82) is 0 Å². The molecule has 2 unspecified atom stereocenters. The van der Waals surface area contributed by atoms with E-state index in [1.807, 2.05) is 36.4 Å². The number of anilines is 2. The van der Waals surface area contributed by atoms with Gasteiger partial charge in [0.1, 0.15) is 0 Å². The second kappa shape index (κ2) is 16.8. The smallest absolute Gasteiger partial charge is 0.164 e. The number of rotatable bonds is 8. The molecule has 0 saturated heterocycles. The summed E-state index contributed by atoms with van der Waals surface area (Å²) in [6.45, 7) is 4.75. The van der Waals surface area contributed by atoms with E-state index in [0.717, 1.165) is 28.0 Å². The molecule has 13 rings (SSSR count). The Labute approximate surface area is 409 Å². The van der Waals surface area contributed by atoms with Crippen molar-refractivity contribution < 1.29 is 0 Å². The Bertz CT molecular complexity index is 3560. The van der Waals surface area contributed by atoms with E-state index in [9.17, 15) is 0 Å². The highest BCUT2D eigenvalue weighted by atomic mass is 15.2. The zero-order valence-electron chi connectivity index (χ0n) is 39.0. The van der Waals surface area contributed by atoms with Crippen LogP contribution in [0.5, 0.6) is 0 Å². The molecule has 70 heavy (non-hydrogen) atoms. The van der Waals surface area contributed by atoms with Crippen LogP contribution in [0.2, 0.25) is 0 Å². The molecule has 4 nitrogen and oxygen atoms in total. The molecule has 0 fully saturated rings. The maximum Gasteiger partial charge on any atom is 0.164 e. The fraction of sp³-hybridized carbons (Fsp3) is 0.0758. The second-order valence-corrected chi connectivity index (χ2v) is 19.1. The van der Waals surface area contributed by atoms with Crippen LogP contribution in [0.1, 0.15) is 42.3 Å². The molecule has 0 amide bonds. The summed E-state index contributed by atoms with van der Waals surface area (Å²) in [5, 5.41) is 0. The molecule has 0 N–H and O–H groups in total. The van der Waals surface area contributed by atoms with E-state index < -0.39 is 0 Å². The molecule has 10 aromatic rings. The minimum Gasteiger partial charge on any atom is -0.333 e. The summed E-state index contributed by atoms with van der Waals surface area (Å²) in [6, 6.07) is 80.9. The van der Waals surface area contributed by atoms with Gasteiger partial charge in [0.2, 0.25) is 0 Å². The van der Waals surface area contributed by atoms with Gasteiger partial charge in [-0.3, -0.25) is 0 Å². The van der Waals surface area contributed by atoms with Crippen LogP contribution in [-0.2, 0) is 5.41 Å². The molecule has 0 radical (unpaired) electrons. The van der Waals surface area contributed by atoms with Gasteiger partial charge in [-0.05, 0) is 109 Å². The summed E-state index contributed by atoms with van der Waals surface area (Å²) in [6.07, 6.45) is 7.02. The van der Waals surface area contributed by atoms with Crippen molar-refractivity contribution in [3.05, 3.63) is 265 Å². The van der Waals surface area contributed by atoms with Crippen LogP contribution in [-0.4, -0.2) is 21.0 Å². The van der Waals surface area contributed by atoms with E-state index in [-0.39, 0.29) is 17.4 Å². The molecule has 0 saturated carbocycles. The van der Waals surface area contributed by atoms with Crippen LogP contribution in [0.25, 0.3) is 84.0 Å². The SMILES string of the molecule is CC1(C)c2ccccc2-c2cc3c(cc21)N(c1cccc(-c2cc(-c4ccccc4)c(-c4ccccc4)c(-c4ccccc4)c2)c1)C1C=CC(c2nc(-c4ccccc4)nc(-c4ccccc4)n2)=CC31. The number of aromatic nitrogens is 3. The fourth-order valence-corrected chi connectivity index (χ4v) is 11.2. The van der Waals surface area contributed by atoms with Crippen molar-refractivity contribution in [2.45, 2.75) is 31.2 Å². The fourth-order valence-electron chi connectivity index (χ4n) is 11.2. The molecule has 9 aromatic carbocycles. The maximum atomic E-state index is 5.18. The van der Waals surface area contributed by atoms with E-state index in [1.165, 1.54) is 72.4 Å². The number of hydrogen-bond donors (Lipinski definition) is 0. The lowest BCUT2D eigenvalue weighted by molar-refractivity contribution is 0.660. The predicted molar refractivity (Wildman–Crippen MR) is 289 cm³/mol. The molecule has 332 valence electrons. The lowest BCUT2D eigenvalue weighted by Crippen LogP contribution is -2.29. The molecule has 2 atom stereocenters. The molecule has 1 aliphatic heterocycles. The van der Waals surface area contributed by atoms with E-state index in [1.54, 1.807) is 0 Å². The first-order valence-electron chi connectivity index (χ1n) is 24.3. The van der Waals surface area contributed by atoms with Gasteiger partial charge in [0.15, 0.2) is 17.5 Å². The third-order valence-electron chi connectivity index (χ3n) is 14.6. The van der Waals surface area contributed by atoms with Crippen LogP contribution >= 0.6 is 0 Å². The minimum absolute atomic E-state index is 0.0131. The van der Waals surface area contributed by atoms with Gasteiger partial charge in [-0.2, -0.15) is 0 Å². The van der Waals surface area contributed by atoms with Gasteiger partial charge >= 0.3 is 0 Å². The van der Waals surface area contributed by atoms with Crippen molar-refractivity contribution >= 4 is 16.9 Å². The first-order chi connectivity index (χ1) is 34.5. The topological polar surface area (TPSA) is 41.9 Å². The Morgan fingerprint density at radius 1 is 0.400 bits per heavy atom. The van der Waals surface area contributed by atoms with Crippen LogP contribution < -0.4 is 4.90 Å². The van der Waals surface area contributed by atoms with E-state index in [4.69, 9.17) is 15.0 Å². The molecule has 3 aliphatic rings. The van der Waals surface area contributed by atoms with Gasteiger partial charge in [0.25, 0.3) is 0 Å². The van der Waals surface area contributed by atoms with Crippen molar-refractivity contribution in [1.82, 2.24) is 15.0 Å². The lowest BCUT2D eigenvalue weighted by Gasteiger charge is -2.30. The molecule has 0 spiro atoms. The molecular formula is C66H48N4. The van der Waals surface area contributed by atoms with Crippen LogP contribution in [0.3, 0.4) is 0 Å². The van der Waals surface area contributed by atoms with E-state index in [0.29, 0.717) is 17.5 Å². The van der Waals surface area contributed by atoms with Gasteiger partial charge in [-0.15, -0.1) is 0 Å². The Balaban J connectivity index is 0.982.